The van der Waals surface area contributed by atoms with Crippen LogP contribution in [0.25, 0.3) is 0 Å². The molecule has 2 aliphatic rings. The van der Waals surface area contributed by atoms with Crippen molar-refractivity contribution < 1.29 is 14.7 Å². The van der Waals surface area contributed by atoms with Crippen LogP contribution in [0, 0.1) is 11.8 Å². The molecule has 0 spiro atoms. The Balaban J connectivity index is 2.10. The minimum absolute atomic E-state index is 0.0340. The van der Waals surface area contributed by atoms with E-state index < -0.39 is 11.9 Å². The fraction of sp³-hybridized carbons (Fsp3) is 0.692. The minimum atomic E-state index is -0.848. The van der Waals surface area contributed by atoms with Crippen molar-refractivity contribution in [3.8, 4) is 0 Å². The Hall–Kier alpha value is -1.32. The molecule has 0 aliphatic heterocycles. The summed E-state index contributed by atoms with van der Waals surface area (Å²) in [5.74, 6) is -1.72. The number of carboxylic acids is 1. The third-order valence-corrected chi connectivity index (χ3v) is 3.68. The van der Waals surface area contributed by atoms with Gasteiger partial charge in [-0.25, -0.2) is 0 Å². The molecule has 0 aromatic heterocycles. The van der Waals surface area contributed by atoms with Gasteiger partial charge in [-0.15, -0.1) is 0 Å². The molecule has 1 amide bonds. The first-order chi connectivity index (χ1) is 8.15. The number of rotatable bonds is 4. The number of amides is 1. The summed E-state index contributed by atoms with van der Waals surface area (Å²) in [6.45, 7) is 2.65. The Kier molecular flexibility index (Phi) is 3.50. The lowest BCUT2D eigenvalue weighted by Crippen LogP contribution is -2.42. The molecule has 0 radical (unpaired) electrons. The number of nitrogens with zero attached hydrogens (tertiary/aromatic N) is 1. The van der Waals surface area contributed by atoms with Gasteiger partial charge in [0.1, 0.15) is 0 Å². The Morgan fingerprint density at radius 2 is 1.82 bits per heavy atom. The molecule has 1 N–H and O–H groups in total. The lowest BCUT2D eigenvalue weighted by molar-refractivity contribution is -0.150. The highest BCUT2D eigenvalue weighted by Gasteiger charge is 2.40. The summed E-state index contributed by atoms with van der Waals surface area (Å²) in [5.41, 5.74) is 0. The lowest BCUT2D eigenvalue weighted by Gasteiger charge is -2.30. The topological polar surface area (TPSA) is 57.6 Å². The van der Waals surface area contributed by atoms with Gasteiger partial charge in [-0.2, -0.15) is 0 Å². The second-order valence-electron chi connectivity index (χ2n) is 4.85. The average Bonchev–Trinajstić information content (AvgIpc) is 3.14. The Bertz CT molecular complexity index is 347. The van der Waals surface area contributed by atoms with Crippen LogP contribution in [0.2, 0.25) is 0 Å². The maximum atomic E-state index is 12.4. The minimum Gasteiger partial charge on any atom is -0.481 e. The van der Waals surface area contributed by atoms with Crippen LogP contribution in [0.15, 0.2) is 12.2 Å². The summed E-state index contributed by atoms with van der Waals surface area (Å²) in [4.78, 5) is 25.4. The van der Waals surface area contributed by atoms with Crippen LogP contribution in [0.5, 0.6) is 0 Å². The zero-order valence-corrected chi connectivity index (χ0v) is 10.1. The normalized spacial score (nSPS) is 27.8. The Morgan fingerprint density at radius 3 is 2.29 bits per heavy atom. The third-order valence-electron chi connectivity index (χ3n) is 3.68. The van der Waals surface area contributed by atoms with Crippen molar-refractivity contribution in [3.05, 3.63) is 12.2 Å². The van der Waals surface area contributed by atoms with Crippen molar-refractivity contribution in [2.75, 3.05) is 6.54 Å². The maximum absolute atomic E-state index is 12.4. The molecule has 17 heavy (non-hydrogen) atoms. The van der Waals surface area contributed by atoms with Gasteiger partial charge in [-0.05, 0) is 32.6 Å². The summed E-state index contributed by atoms with van der Waals surface area (Å²) >= 11 is 0. The Labute approximate surface area is 101 Å². The second kappa shape index (κ2) is 4.90. The van der Waals surface area contributed by atoms with Gasteiger partial charge in [0.2, 0.25) is 5.91 Å². The summed E-state index contributed by atoms with van der Waals surface area (Å²) in [7, 11) is 0. The quantitative estimate of drug-likeness (QED) is 0.756. The summed E-state index contributed by atoms with van der Waals surface area (Å²) in [5, 5.41) is 9.16. The SMILES string of the molecule is CCN(C(=O)[C@@H]1CC=CC[C@@H]1C(=O)O)C1CC1. The monoisotopic (exact) mass is 237 g/mol. The molecule has 4 heteroatoms. The Morgan fingerprint density at radius 1 is 1.24 bits per heavy atom. The maximum Gasteiger partial charge on any atom is 0.307 e. The van der Waals surface area contributed by atoms with E-state index >= 15 is 0 Å². The number of hydrogen-bond acceptors (Lipinski definition) is 2. The molecule has 0 aromatic rings. The van der Waals surface area contributed by atoms with E-state index in [1.54, 1.807) is 0 Å². The lowest BCUT2D eigenvalue weighted by atomic mass is 9.82. The largest absolute Gasteiger partial charge is 0.481 e. The predicted octanol–water partition coefficient (Wildman–Crippen LogP) is 1.66. The molecule has 4 nitrogen and oxygen atoms in total. The van der Waals surface area contributed by atoms with Gasteiger partial charge in [0.15, 0.2) is 0 Å². The first-order valence-electron chi connectivity index (χ1n) is 6.33. The van der Waals surface area contributed by atoms with E-state index in [0.29, 0.717) is 25.4 Å². The third kappa shape index (κ3) is 2.51. The number of carbonyl (C=O) groups is 2. The molecule has 0 aromatic carbocycles. The van der Waals surface area contributed by atoms with Gasteiger partial charge < -0.3 is 10.0 Å². The van der Waals surface area contributed by atoms with E-state index in [1.165, 1.54) is 0 Å². The van der Waals surface area contributed by atoms with Gasteiger partial charge in [0.25, 0.3) is 0 Å². The molecular weight excluding hydrogens is 218 g/mol. The van der Waals surface area contributed by atoms with Gasteiger partial charge >= 0.3 is 5.97 Å². The van der Waals surface area contributed by atoms with E-state index in [-0.39, 0.29) is 11.8 Å². The van der Waals surface area contributed by atoms with Crippen LogP contribution in [0.1, 0.15) is 32.6 Å². The van der Waals surface area contributed by atoms with Crippen LogP contribution < -0.4 is 0 Å². The van der Waals surface area contributed by atoms with Gasteiger partial charge in [0.05, 0.1) is 11.8 Å². The molecular formula is C13H19NO3. The van der Waals surface area contributed by atoms with Gasteiger partial charge in [-0.3, -0.25) is 9.59 Å². The smallest absolute Gasteiger partial charge is 0.307 e. The van der Waals surface area contributed by atoms with Crippen molar-refractivity contribution in [3.63, 3.8) is 0 Å². The molecule has 1 fully saturated rings. The number of carboxylic acid groups (broad SMARTS) is 1. The zero-order valence-electron chi connectivity index (χ0n) is 10.1. The standard InChI is InChI=1S/C13H19NO3/c1-2-14(9-7-8-9)12(15)10-5-3-4-6-11(10)13(16)17/h3-4,9-11H,2,5-8H2,1H3,(H,16,17)/t10-,11+/m1/s1. The number of allylic oxidation sites excluding steroid dienone is 2. The molecule has 0 unspecified atom stereocenters. The van der Waals surface area contributed by atoms with E-state index in [9.17, 15) is 9.59 Å². The molecule has 2 rings (SSSR count). The molecule has 2 aliphatic carbocycles. The van der Waals surface area contributed by atoms with Crippen molar-refractivity contribution in [1.82, 2.24) is 4.90 Å². The van der Waals surface area contributed by atoms with Crippen LogP contribution in [0.4, 0.5) is 0 Å². The fourth-order valence-corrected chi connectivity index (χ4v) is 2.55. The van der Waals surface area contributed by atoms with Crippen LogP contribution in [-0.4, -0.2) is 34.5 Å². The molecule has 2 atom stereocenters. The van der Waals surface area contributed by atoms with Crippen molar-refractivity contribution >= 4 is 11.9 Å². The van der Waals surface area contributed by atoms with E-state index in [1.807, 2.05) is 24.0 Å². The van der Waals surface area contributed by atoms with E-state index in [4.69, 9.17) is 5.11 Å². The van der Waals surface area contributed by atoms with Gasteiger partial charge in [0, 0.05) is 12.6 Å². The summed E-state index contributed by atoms with van der Waals surface area (Å²) in [6.07, 6.45) is 6.99. The molecule has 0 bridgehead atoms. The van der Waals surface area contributed by atoms with Crippen LogP contribution in [-0.2, 0) is 9.59 Å². The van der Waals surface area contributed by atoms with Crippen molar-refractivity contribution in [1.29, 1.82) is 0 Å². The van der Waals surface area contributed by atoms with Crippen molar-refractivity contribution in [2.24, 2.45) is 11.8 Å². The second-order valence-corrected chi connectivity index (χ2v) is 4.85. The first-order valence-corrected chi connectivity index (χ1v) is 6.33. The molecule has 94 valence electrons. The highest BCUT2D eigenvalue weighted by molar-refractivity contribution is 5.85. The molecule has 0 saturated heterocycles. The van der Waals surface area contributed by atoms with Crippen LogP contribution >= 0.6 is 0 Å². The molecule has 0 heterocycles. The predicted molar refractivity (Wildman–Crippen MR) is 63.4 cm³/mol. The van der Waals surface area contributed by atoms with E-state index in [0.717, 1.165) is 12.8 Å². The highest BCUT2D eigenvalue weighted by atomic mass is 16.4. The number of carbonyl (C=O) groups excluding carboxylic acids is 1. The van der Waals surface area contributed by atoms with Crippen molar-refractivity contribution in [2.45, 2.75) is 38.6 Å². The fourth-order valence-electron chi connectivity index (χ4n) is 2.55. The van der Waals surface area contributed by atoms with Crippen LogP contribution in [0.3, 0.4) is 0 Å². The summed E-state index contributed by atoms with van der Waals surface area (Å²) < 4.78 is 0. The first kappa shape index (κ1) is 12.1. The van der Waals surface area contributed by atoms with E-state index in [2.05, 4.69) is 0 Å². The zero-order chi connectivity index (χ0) is 12.4. The number of aliphatic carboxylic acids is 1. The average molecular weight is 237 g/mol. The van der Waals surface area contributed by atoms with Gasteiger partial charge in [-0.1, -0.05) is 12.2 Å². The number of hydrogen-bond donors (Lipinski definition) is 1. The summed E-state index contributed by atoms with van der Waals surface area (Å²) in [6, 6.07) is 0.368. The molecule has 1 saturated carbocycles. The highest BCUT2D eigenvalue weighted by Crippen LogP contribution is 2.33.